The smallest absolute Gasteiger partial charge is 0.306 e. The fourth-order valence-corrected chi connectivity index (χ4v) is 1.73. The van der Waals surface area contributed by atoms with Gasteiger partial charge in [-0.2, -0.15) is 0 Å². The van der Waals surface area contributed by atoms with E-state index in [0.29, 0.717) is 18.5 Å². The Hall–Kier alpha value is -1.84. The molecule has 1 aromatic rings. The van der Waals surface area contributed by atoms with Crippen LogP contribution in [0.5, 0.6) is 0 Å². The number of hydrogen-bond donors (Lipinski definition) is 2. The van der Waals surface area contributed by atoms with Gasteiger partial charge >= 0.3 is 5.97 Å². The lowest BCUT2D eigenvalue weighted by Gasteiger charge is -2.09. The Morgan fingerprint density at radius 3 is 2.28 bits per heavy atom. The molecule has 1 atom stereocenters. The summed E-state index contributed by atoms with van der Waals surface area (Å²) in [4.78, 5) is 22.5. The van der Waals surface area contributed by atoms with Crippen LogP contribution in [0.4, 0.5) is 0 Å². The third-order valence-corrected chi connectivity index (χ3v) is 2.77. The van der Waals surface area contributed by atoms with Gasteiger partial charge < -0.3 is 10.4 Å². The number of carboxylic acid groups (broad SMARTS) is 1. The van der Waals surface area contributed by atoms with Gasteiger partial charge in [0.1, 0.15) is 0 Å². The molecule has 0 spiro atoms. The zero-order chi connectivity index (χ0) is 13.7. The van der Waals surface area contributed by atoms with Crippen LogP contribution in [0, 0.1) is 19.8 Å². The third-order valence-electron chi connectivity index (χ3n) is 2.77. The van der Waals surface area contributed by atoms with E-state index in [0.717, 1.165) is 11.1 Å². The number of aliphatic carboxylic acids is 1. The molecule has 0 saturated heterocycles. The molecule has 0 saturated carbocycles. The van der Waals surface area contributed by atoms with Crippen molar-refractivity contribution in [2.24, 2.45) is 5.92 Å². The van der Waals surface area contributed by atoms with Gasteiger partial charge in [-0.3, -0.25) is 9.59 Å². The number of carbonyl (C=O) groups excluding carboxylic acids is 1. The van der Waals surface area contributed by atoms with Gasteiger partial charge in [0, 0.05) is 12.1 Å². The van der Waals surface area contributed by atoms with Gasteiger partial charge in [0.15, 0.2) is 0 Å². The first-order valence-corrected chi connectivity index (χ1v) is 5.99. The predicted molar refractivity (Wildman–Crippen MR) is 69.7 cm³/mol. The number of aryl methyl sites for hydroxylation is 2. The number of amides is 1. The summed E-state index contributed by atoms with van der Waals surface area (Å²) >= 11 is 0. The van der Waals surface area contributed by atoms with Crippen LogP contribution < -0.4 is 5.32 Å². The van der Waals surface area contributed by atoms with Crippen LogP contribution in [-0.4, -0.2) is 23.5 Å². The van der Waals surface area contributed by atoms with Gasteiger partial charge in [-0.15, -0.1) is 0 Å². The second-order valence-electron chi connectivity index (χ2n) is 4.66. The third kappa shape index (κ3) is 4.20. The molecule has 0 aliphatic carbocycles. The molecule has 1 amide bonds. The zero-order valence-electron chi connectivity index (χ0n) is 11.0. The van der Waals surface area contributed by atoms with Crippen LogP contribution in [0.1, 0.15) is 34.8 Å². The molecular formula is C14H19NO3. The summed E-state index contributed by atoms with van der Waals surface area (Å²) in [5.41, 5.74) is 2.70. The highest BCUT2D eigenvalue weighted by Crippen LogP contribution is 2.09. The fraction of sp³-hybridized carbons (Fsp3) is 0.429. The fourth-order valence-electron chi connectivity index (χ4n) is 1.73. The number of benzene rings is 1. The number of carboxylic acids is 1. The van der Waals surface area contributed by atoms with Crippen molar-refractivity contribution in [1.82, 2.24) is 5.32 Å². The van der Waals surface area contributed by atoms with Crippen molar-refractivity contribution in [1.29, 1.82) is 0 Å². The first kappa shape index (κ1) is 14.2. The van der Waals surface area contributed by atoms with Gasteiger partial charge in [0.2, 0.25) is 0 Å². The van der Waals surface area contributed by atoms with Crippen molar-refractivity contribution in [3.05, 3.63) is 34.9 Å². The standard InChI is InChI=1S/C14H19NO3/c1-9-6-10(2)8-12(7-9)13(16)15-5-4-11(3)14(17)18/h6-8,11H,4-5H2,1-3H3,(H,15,16)(H,17,18). The van der Waals surface area contributed by atoms with Gasteiger partial charge in [-0.05, 0) is 32.4 Å². The maximum atomic E-state index is 11.8. The lowest BCUT2D eigenvalue weighted by Crippen LogP contribution is -2.27. The number of hydrogen-bond acceptors (Lipinski definition) is 2. The summed E-state index contributed by atoms with van der Waals surface area (Å²) in [7, 11) is 0. The molecule has 2 N–H and O–H groups in total. The van der Waals surface area contributed by atoms with Crippen LogP contribution in [0.2, 0.25) is 0 Å². The molecule has 1 aromatic carbocycles. The quantitative estimate of drug-likeness (QED) is 0.840. The Bertz CT molecular complexity index is 434. The largest absolute Gasteiger partial charge is 0.481 e. The van der Waals surface area contributed by atoms with E-state index in [1.807, 2.05) is 32.0 Å². The molecule has 0 fully saturated rings. The van der Waals surface area contributed by atoms with Crippen molar-refractivity contribution >= 4 is 11.9 Å². The second-order valence-corrected chi connectivity index (χ2v) is 4.66. The predicted octanol–water partition coefficient (Wildman–Crippen LogP) is 2.14. The van der Waals surface area contributed by atoms with E-state index in [-0.39, 0.29) is 5.91 Å². The monoisotopic (exact) mass is 249 g/mol. The minimum Gasteiger partial charge on any atom is -0.481 e. The summed E-state index contributed by atoms with van der Waals surface area (Å²) in [5, 5.41) is 11.5. The van der Waals surface area contributed by atoms with E-state index in [1.165, 1.54) is 0 Å². The van der Waals surface area contributed by atoms with Crippen molar-refractivity contribution in [3.63, 3.8) is 0 Å². The highest BCUT2D eigenvalue weighted by molar-refractivity contribution is 5.94. The lowest BCUT2D eigenvalue weighted by atomic mass is 10.1. The van der Waals surface area contributed by atoms with E-state index >= 15 is 0 Å². The Morgan fingerprint density at radius 2 is 1.78 bits per heavy atom. The summed E-state index contributed by atoms with van der Waals surface area (Å²) < 4.78 is 0. The van der Waals surface area contributed by atoms with Crippen LogP contribution in [0.15, 0.2) is 18.2 Å². The summed E-state index contributed by atoms with van der Waals surface area (Å²) in [6, 6.07) is 5.65. The normalized spacial score (nSPS) is 11.9. The van der Waals surface area contributed by atoms with Gasteiger partial charge in [-0.1, -0.05) is 24.1 Å². The Labute approximate surface area is 107 Å². The van der Waals surface area contributed by atoms with Crippen LogP contribution in [0.3, 0.4) is 0 Å². The van der Waals surface area contributed by atoms with Crippen LogP contribution >= 0.6 is 0 Å². The summed E-state index contributed by atoms with van der Waals surface area (Å²) in [6.07, 6.45) is 0.436. The van der Waals surface area contributed by atoms with Gasteiger partial charge in [0.25, 0.3) is 5.91 Å². The van der Waals surface area contributed by atoms with E-state index in [4.69, 9.17) is 5.11 Å². The number of carbonyl (C=O) groups is 2. The number of nitrogens with one attached hydrogen (secondary N) is 1. The van der Waals surface area contributed by atoms with E-state index in [9.17, 15) is 9.59 Å². The Morgan fingerprint density at radius 1 is 1.22 bits per heavy atom. The molecule has 18 heavy (non-hydrogen) atoms. The molecule has 0 aliphatic heterocycles. The lowest BCUT2D eigenvalue weighted by molar-refractivity contribution is -0.141. The van der Waals surface area contributed by atoms with E-state index in [1.54, 1.807) is 6.92 Å². The molecule has 4 heteroatoms. The molecule has 98 valence electrons. The van der Waals surface area contributed by atoms with Crippen molar-refractivity contribution < 1.29 is 14.7 Å². The van der Waals surface area contributed by atoms with Crippen LogP contribution in [0.25, 0.3) is 0 Å². The first-order chi connectivity index (χ1) is 8.40. The van der Waals surface area contributed by atoms with Gasteiger partial charge in [-0.25, -0.2) is 0 Å². The summed E-state index contributed by atoms with van der Waals surface area (Å²) in [6.45, 7) is 5.89. The van der Waals surface area contributed by atoms with Crippen molar-refractivity contribution in [2.45, 2.75) is 27.2 Å². The SMILES string of the molecule is Cc1cc(C)cc(C(=O)NCCC(C)C(=O)O)c1. The molecule has 0 heterocycles. The van der Waals surface area contributed by atoms with E-state index < -0.39 is 11.9 Å². The molecule has 1 unspecified atom stereocenters. The summed E-state index contributed by atoms with van der Waals surface area (Å²) in [5.74, 6) is -1.43. The number of rotatable bonds is 5. The zero-order valence-corrected chi connectivity index (χ0v) is 11.0. The van der Waals surface area contributed by atoms with Crippen LogP contribution in [-0.2, 0) is 4.79 Å². The van der Waals surface area contributed by atoms with Gasteiger partial charge in [0.05, 0.1) is 5.92 Å². The van der Waals surface area contributed by atoms with Crippen molar-refractivity contribution in [2.75, 3.05) is 6.54 Å². The molecule has 0 bridgehead atoms. The molecule has 0 radical (unpaired) electrons. The Kier molecular flexibility index (Phi) is 4.89. The molecule has 4 nitrogen and oxygen atoms in total. The maximum Gasteiger partial charge on any atom is 0.306 e. The molecular weight excluding hydrogens is 230 g/mol. The first-order valence-electron chi connectivity index (χ1n) is 5.99. The minimum absolute atomic E-state index is 0.153. The Balaban J connectivity index is 2.53. The van der Waals surface area contributed by atoms with E-state index in [2.05, 4.69) is 5.32 Å². The average molecular weight is 249 g/mol. The second kappa shape index (κ2) is 6.19. The minimum atomic E-state index is -0.837. The topological polar surface area (TPSA) is 66.4 Å². The molecule has 0 aromatic heterocycles. The highest BCUT2D eigenvalue weighted by atomic mass is 16.4. The molecule has 0 aliphatic rings. The molecule has 1 rings (SSSR count). The average Bonchev–Trinajstić information content (AvgIpc) is 2.27. The maximum absolute atomic E-state index is 11.8. The van der Waals surface area contributed by atoms with Crippen molar-refractivity contribution in [3.8, 4) is 0 Å². The highest BCUT2D eigenvalue weighted by Gasteiger charge is 2.11.